The van der Waals surface area contributed by atoms with Gasteiger partial charge in [0.1, 0.15) is 22.4 Å². The van der Waals surface area contributed by atoms with Crippen LogP contribution in [0.2, 0.25) is 0 Å². The molecular formula is C10H15BrN4O. The minimum Gasteiger partial charge on any atom is -0.383 e. The highest BCUT2D eigenvalue weighted by molar-refractivity contribution is 9.10. The van der Waals surface area contributed by atoms with E-state index in [9.17, 15) is 0 Å². The predicted molar refractivity (Wildman–Crippen MR) is 66.2 cm³/mol. The summed E-state index contributed by atoms with van der Waals surface area (Å²) in [6, 6.07) is 0. The predicted octanol–water partition coefficient (Wildman–Crippen LogP) is 1.80. The number of nitrogens with one attached hydrogen (secondary N) is 1. The number of aromatic nitrogens is 2. The summed E-state index contributed by atoms with van der Waals surface area (Å²) in [6.07, 6.45) is 2.55. The Balaban J connectivity index is 2.24. The normalized spacial score (nSPS) is 29.3. The van der Waals surface area contributed by atoms with E-state index in [2.05, 4.69) is 45.1 Å². The fourth-order valence-electron chi connectivity index (χ4n) is 1.74. The maximum absolute atomic E-state index is 5.70. The number of hydrogen-bond donors (Lipinski definition) is 2. The molecule has 0 aliphatic carbocycles. The third kappa shape index (κ3) is 1.99. The molecule has 2 atom stereocenters. The first-order valence-electron chi connectivity index (χ1n) is 5.19. The third-order valence-corrected chi connectivity index (χ3v) is 3.89. The summed E-state index contributed by atoms with van der Waals surface area (Å²) in [5, 5.41) is 3.37. The molecule has 1 fully saturated rings. The maximum Gasteiger partial charge on any atom is 0.146 e. The molecule has 16 heavy (non-hydrogen) atoms. The quantitative estimate of drug-likeness (QED) is 0.867. The van der Waals surface area contributed by atoms with Gasteiger partial charge in [-0.25, -0.2) is 9.97 Å². The molecule has 88 valence electrons. The van der Waals surface area contributed by atoms with Crippen molar-refractivity contribution in [2.45, 2.75) is 31.9 Å². The van der Waals surface area contributed by atoms with Crippen molar-refractivity contribution >= 4 is 27.6 Å². The Hall–Kier alpha value is -0.880. The van der Waals surface area contributed by atoms with E-state index in [1.807, 2.05) is 0 Å². The number of halogens is 1. The smallest absolute Gasteiger partial charge is 0.146 e. The van der Waals surface area contributed by atoms with Crippen LogP contribution in [0.4, 0.5) is 11.6 Å². The fourth-order valence-corrected chi connectivity index (χ4v) is 2.04. The van der Waals surface area contributed by atoms with E-state index in [1.54, 1.807) is 0 Å². The minimum atomic E-state index is -0.108. The van der Waals surface area contributed by atoms with Crippen molar-refractivity contribution in [3.63, 3.8) is 0 Å². The first-order valence-corrected chi connectivity index (χ1v) is 5.98. The Bertz CT molecular complexity index is 400. The van der Waals surface area contributed by atoms with Crippen LogP contribution >= 0.6 is 15.9 Å². The van der Waals surface area contributed by atoms with Crippen LogP contribution in [-0.4, -0.2) is 28.2 Å². The molecule has 0 saturated carbocycles. The zero-order valence-corrected chi connectivity index (χ0v) is 10.9. The number of ether oxygens (including phenoxy) is 1. The van der Waals surface area contributed by atoms with Gasteiger partial charge in [-0.15, -0.1) is 0 Å². The molecule has 1 aromatic rings. The summed E-state index contributed by atoms with van der Waals surface area (Å²) in [7, 11) is 0. The second-order valence-electron chi connectivity index (χ2n) is 4.23. The summed E-state index contributed by atoms with van der Waals surface area (Å²) >= 11 is 3.38. The highest BCUT2D eigenvalue weighted by Gasteiger charge is 2.37. The highest BCUT2D eigenvalue weighted by atomic mass is 79.9. The van der Waals surface area contributed by atoms with Gasteiger partial charge in [-0.05, 0) is 36.2 Å². The maximum atomic E-state index is 5.70. The van der Waals surface area contributed by atoms with E-state index in [1.165, 1.54) is 6.33 Å². The first kappa shape index (κ1) is 11.6. The zero-order valence-electron chi connectivity index (χ0n) is 9.33. The Morgan fingerprint density at radius 1 is 1.62 bits per heavy atom. The number of nitrogens with zero attached hydrogens (tertiary/aromatic N) is 2. The minimum absolute atomic E-state index is 0.108. The van der Waals surface area contributed by atoms with Gasteiger partial charge in [0.05, 0.1) is 11.6 Å². The van der Waals surface area contributed by atoms with Crippen molar-refractivity contribution in [1.82, 2.24) is 9.97 Å². The number of hydrogen-bond acceptors (Lipinski definition) is 5. The molecule has 2 rings (SSSR count). The number of anilines is 2. The second-order valence-corrected chi connectivity index (χ2v) is 5.02. The molecule has 5 nitrogen and oxygen atoms in total. The van der Waals surface area contributed by atoms with E-state index in [0.717, 1.165) is 13.0 Å². The molecule has 1 aliphatic heterocycles. The van der Waals surface area contributed by atoms with Crippen LogP contribution in [0, 0.1) is 0 Å². The number of rotatable bonds is 2. The molecule has 1 saturated heterocycles. The summed E-state index contributed by atoms with van der Waals surface area (Å²) < 4.78 is 6.26. The van der Waals surface area contributed by atoms with Gasteiger partial charge in [0.2, 0.25) is 0 Å². The van der Waals surface area contributed by atoms with Gasteiger partial charge in [0, 0.05) is 6.61 Å². The van der Waals surface area contributed by atoms with E-state index >= 15 is 0 Å². The van der Waals surface area contributed by atoms with Crippen LogP contribution in [0.25, 0.3) is 0 Å². The zero-order chi connectivity index (χ0) is 11.8. The van der Waals surface area contributed by atoms with Crippen LogP contribution in [-0.2, 0) is 4.74 Å². The topological polar surface area (TPSA) is 73.1 Å². The van der Waals surface area contributed by atoms with Gasteiger partial charge in [0.15, 0.2) is 0 Å². The third-order valence-electron chi connectivity index (χ3n) is 3.11. The molecule has 2 heterocycles. The van der Waals surface area contributed by atoms with Crippen molar-refractivity contribution < 1.29 is 4.74 Å². The van der Waals surface area contributed by atoms with Crippen molar-refractivity contribution in [2.24, 2.45) is 0 Å². The van der Waals surface area contributed by atoms with Crippen molar-refractivity contribution in [3.05, 3.63) is 10.8 Å². The van der Waals surface area contributed by atoms with Crippen molar-refractivity contribution in [3.8, 4) is 0 Å². The lowest BCUT2D eigenvalue weighted by molar-refractivity contribution is 0.105. The highest BCUT2D eigenvalue weighted by Crippen LogP contribution is 2.32. The molecule has 1 aliphatic rings. The van der Waals surface area contributed by atoms with Crippen molar-refractivity contribution in [2.75, 3.05) is 17.7 Å². The molecule has 0 aromatic carbocycles. The lowest BCUT2D eigenvalue weighted by Crippen LogP contribution is -2.41. The van der Waals surface area contributed by atoms with Crippen LogP contribution in [0.1, 0.15) is 20.3 Å². The molecule has 1 aromatic heterocycles. The van der Waals surface area contributed by atoms with E-state index in [0.29, 0.717) is 16.1 Å². The van der Waals surface area contributed by atoms with Gasteiger partial charge in [-0.3, -0.25) is 0 Å². The Kier molecular flexibility index (Phi) is 3.03. The van der Waals surface area contributed by atoms with Crippen molar-refractivity contribution in [1.29, 1.82) is 0 Å². The lowest BCUT2D eigenvalue weighted by Gasteiger charge is -2.29. The summed E-state index contributed by atoms with van der Waals surface area (Å²) in [5.74, 6) is 1.15. The van der Waals surface area contributed by atoms with Crippen LogP contribution in [0.15, 0.2) is 10.8 Å². The molecular weight excluding hydrogens is 272 g/mol. The van der Waals surface area contributed by atoms with E-state index in [-0.39, 0.29) is 11.6 Å². The lowest BCUT2D eigenvalue weighted by atomic mass is 9.95. The molecule has 0 amide bonds. The Morgan fingerprint density at radius 2 is 2.38 bits per heavy atom. The molecule has 2 unspecified atom stereocenters. The molecule has 6 heteroatoms. The fraction of sp³-hybridized carbons (Fsp3) is 0.600. The number of nitrogens with two attached hydrogens (primary N) is 1. The molecule has 3 N–H and O–H groups in total. The average molecular weight is 287 g/mol. The van der Waals surface area contributed by atoms with E-state index in [4.69, 9.17) is 10.5 Å². The largest absolute Gasteiger partial charge is 0.383 e. The first-order chi connectivity index (χ1) is 7.53. The Morgan fingerprint density at radius 3 is 3.00 bits per heavy atom. The Labute approximate surface area is 103 Å². The number of nitrogen functional groups attached to an aromatic ring is 1. The van der Waals surface area contributed by atoms with Gasteiger partial charge in [-0.1, -0.05) is 0 Å². The summed E-state index contributed by atoms with van der Waals surface area (Å²) in [4.78, 5) is 8.08. The SMILES string of the molecule is CC1OCCC1(C)Nc1ncnc(N)c1Br. The molecule has 0 radical (unpaired) electrons. The average Bonchev–Trinajstić information content (AvgIpc) is 2.55. The van der Waals surface area contributed by atoms with Crippen LogP contribution in [0.3, 0.4) is 0 Å². The van der Waals surface area contributed by atoms with E-state index < -0.39 is 0 Å². The monoisotopic (exact) mass is 286 g/mol. The van der Waals surface area contributed by atoms with Gasteiger partial charge in [-0.2, -0.15) is 0 Å². The molecule has 0 spiro atoms. The standard InChI is InChI=1S/C10H15BrN4O/c1-6-10(2,3-4-16-6)15-9-7(11)8(12)13-5-14-9/h5-6H,3-4H2,1-2H3,(H3,12,13,14,15). The second kappa shape index (κ2) is 4.18. The van der Waals surface area contributed by atoms with Crippen LogP contribution < -0.4 is 11.1 Å². The van der Waals surface area contributed by atoms with Crippen LogP contribution in [0.5, 0.6) is 0 Å². The van der Waals surface area contributed by atoms with Gasteiger partial charge < -0.3 is 15.8 Å². The summed E-state index contributed by atoms with van der Waals surface area (Å²) in [5.41, 5.74) is 5.60. The molecule has 0 bridgehead atoms. The summed E-state index contributed by atoms with van der Waals surface area (Å²) in [6.45, 7) is 4.94. The van der Waals surface area contributed by atoms with Gasteiger partial charge in [0.25, 0.3) is 0 Å². The van der Waals surface area contributed by atoms with Gasteiger partial charge >= 0.3 is 0 Å².